The summed E-state index contributed by atoms with van der Waals surface area (Å²) >= 11 is 1.58. The number of hydrogen-bond acceptors (Lipinski definition) is 5. The quantitative estimate of drug-likeness (QED) is 0.758. The largest absolute Gasteiger partial charge is 0.433 e. The van der Waals surface area contributed by atoms with Gasteiger partial charge in [0, 0.05) is 25.7 Å². The van der Waals surface area contributed by atoms with Gasteiger partial charge in [-0.3, -0.25) is 4.79 Å². The van der Waals surface area contributed by atoms with Gasteiger partial charge in [0.1, 0.15) is 5.69 Å². The smallest absolute Gasteiger partial charge is 0.354 e. The van der Waals surface area contributed by atoms with E-state index in [-0.39, 0.29) is 24.9 Å². The Morgan fingerprint density at radius 3 is 2.78 bits per heavy atom. The average molecular weight is 344 g/mol. The van der Waals surface area contributed by atoms with E-state index in [0.717, 1.165) is 17.8 Å². The number of carbonyl (C=O) groups is 1. The summed E-state index contributed by atoms with van der Waals surface area (Å²) in [6.45, 7) is 0.521. The third-order valence-electron chi connectivity index (χ3n) is 2.90. The van der Waals surface area contributed by atoms with E-state index < -0.39 is 11.9 Å². The number of nitrogens with one attached hydrogen (secondary N) is 2. The second-order valence-electron chi connectivity index (χ2n) is 4.67. The highest BCUT2D eigenvalue weighted by Gasteiger charge is 2.32. The highest BCUT2D eigenvalue weighted by molar-refractivity contribution is 7.07. The van der Waals surface area contributed by atoms with E-state index in [9.17, 15) is 18.0 Å². The minimum atomic E-state index is -4.50. The van der Waals surface area contributed by atoms with E-state index >= 15 is 0 Å². The molecule has 0 aliphatic rings. The molecule has 0 bridgehead atoms. The number of rotatable bonds is 7. The fraction of sp³-hybridized carbons (Fsp3) is 0.357. The van der Waals surface area contributed by atoms with Gasteiger partial charge in [-0.25, -0.2) is 9.97 Å². The normalized spacial score (nSPS) is 11.3. The van der Waals surface area contributed by atoms with Crippen LogP contribution in [0.25, 0.3) is 0 Å². The summed E-state index contributed by atoms with van der Waals surface area (Å²) in [5.41, 5.74) is 0.107. The van der Waals surface area contributed by atoms with Crippen LogP contribution in [0.3, 0.4) is 0 Å². The van der Waals surface area contributed by atoms with Gasteiger partial charge in [0.15, 0.2) is 0 Å². The summed E-state index contributed by atoms with van der Waals surface area (Å²) in [7, 11) is 0. The zero-order valence-electron chi connectivity index (χ0n) is 12.1. The Morgan fingerprint density at radius 2 is 2.09 bits per heavy atom. The Bertz CT molecular complexity index is 631. The van der Waals surface area contributed by atoms with Crippen molar-refractivity contribution in [3.05, 3.63) is 40.3 Å². The van der Waals surface area contributed by atoms with E-state index in [1.807, 2.05) is 16.8 Å². The number of alkyl halides is 3. The molecule has 2 rings (SSSR count). The molecular formula is C14H15F3N4OS. The van der Waals surface area contributed by atoms with Crippen molar-refractivity contribution in [2.45, 2.75) is 19.0 Å². The number of anilines is 1. The van der Waals surface area contributed by atoms with Gasteiger partial charge in [-0.05, 0) is 34.9 Å². The average Bonchev–Trinajstić information content (AvgIpc) is 3.02. The maximum Gasteiger partial charge on any atom is 0.433 e. The van der Waals surface area contributed by atoms with Gasteiger partial charge in [0.05, 0.1) is 0 Å². The van der Waals surface area contributed by atoms with Crippen LogP contribution >= 0.6 is 11.3 Å². The first kappa shape index (κ1) is 17.2. The van der Waals surface area contributed by atoms with Crippen molar-refractivity contribution < 1.29 is 18.0 Å². The van der Waals surface area contributed by atoms with Crippen LogP contribution in [0.1, 0.15) is 17.7 Å². The standard InChI is InChI=1S/C14H15F3N4OS/c15-14(16,17)11-3-5-19-13(21-11)20-7-6-18-12(22)2-1-10-4-8-23-9-10/h3-5,8-9H,1-2,6-7H2,(H,18,22)(H,19,20,21). The lowest BCUT2D eigenvalue weighted by Crippen LogP contribution is -2.29. The number of carbonyl (C=O) groups excluding carboxylic acids is 1. The van der Waals surface area contributed by atoms with Crippen LogP contribution in [0.5, 0.6) is 0 Å². The van der Waals surface area contributed by atoms with Crippen LogP contribution in [0, 0.1) is 0 Å². The molecule has 1 amide bonds. The van der Waals surface area contributed by atoms with Crippen molar-refractivity contribution >= 4 is 23.2 Å². The maximum absolute atomic E-state index is 12.5. The van der Waals surface area contributed by atoms with Crippen molar-refractivity contribution in [3.8, 4) is 0 Å². The lowest BCUT2D eigenvalue weighted by Gasteiger charge is -2.09. The number of nitrogens with zero attached hydrogens (tertiary/aromatic N) is 2. The molecule has 23 heavy (non-hydrogen) atoms. The molecule has 0 aliphatic carbocycles. The molecule has 0 saturated heterocycles. The summed E-state index contributed by atoms with van der Waals surface area (Å²) in [5, 5.41) is 9.27. The molecule has 0 unspecified atom stereocenters. The van der Waals surface area contributed by atoms with Crippen LogP contribution in [0.15, 0.2) is 29.1 Å². The van der Waals surface area contributed by atoms with Crippen LogP contribution < -0.4 is 10.6 Å². The monoisotopic (exact) mass is 344 g/mol. The molecule has 0 fully saturated rings. The fourth-order valence-electron chi connectivity index (χ4n) is 1.76. The van der Waals surface area contributed by atoms with Crippen LogP contribution in [0.2, 0.25) is 0 Å². The Balaban J connectivity index is 1.68. The first-order valence-corrected chi connectivity index (χ1v) is 7.81. The molecule has 2 N–H and O–H groups in total. The first-order valence-electron chi connectivity index (χ1n) is 6.87. The third kappa shape index (κ3) is 5.85. The summed E-state index contributed by atoms with van der Waals surface area (Å²) < 4.78 is 37.5. The zero-order chi connectivity index (χ0) is 16.7. The highest BCUT2D eigenvalue weighted by atomic mass is 32.1. The molecule has 0 saturated carbocycles. The fourth-order valence-corrected chi connectivity index (χ4v) is 2.46. The molecule has 0 aromatic carbocycles. The van der Waals surface area contributed by atoms with Crippen LogP contribution in [0.4, 0.5) is 19.1 Å². The van der Waals surface area contributed by atoms with Crippen molar-refractivity contribution in [1.82, 2.24) is 15.3 Å². The number of halogens is 3. The van der Waals surface area contributed by atoms with Crippen molar-refractivity contribution in [2.75, 3.05) is 18.4 Å². The molecule has 2 aromatic heterocycles. The van der Waals surface area contributed by atoms with E-state index in [0.29, 0.717) is 12.8 Å². The zero-order valence-corrected chi connectivity index (χ0v) is 12.9. The predicted molar refractivity (Wildman–Crippen MR) is 81.2 cm³/mol. The van der Waals surface area contributed by atoms with Crippen molar-refractivity contribution in [1.29, 1.82) is 0 Å². The van der Waals surface area contributed by atoms with Gasteiger partial charge < -0.3 is 10.6 Å². The Hall–Kier alpha value is -2.16. The number of aryl methyl sites for hydroxylation is 1. The lowest BCUT2D eigenvalue weighted by atomic mass is 10.2. The molecule has 0 radical (unpaired) electrons. The van der Waals surface area contributed by atoms with Gasteiger partial charge in [0.25, 0.3) is 0 Å². The van der Waals surface area contributed by atoms with Gasteiger partial charge in [-0.2, -0.15) is 24.5 Å². The van der Waals surface area contributed by atoms with Gasteiger partial charge in [-0.1, -0.05) is 0 Å². The number of amides is 1. The van der Waals surface area contributed by atoms with E-state index in [2.05, 4.69) is 20.6 Å². The van der Waals surface area contributed by atoms with Crippen LogP contribution in [-0.2, 0) is 17.4 Å². The Labute approximate surface area is 135 Å². The number of aromatic nitrogens is 2. The summed E-state index contributed by atoms with van der Waals surface area (Å²) in [5.74, 6) is -0.227. The van der Waals surface area contributed by atoms with Gasteiger partial charge >= 0.3 is 6.18 Å². The minimum Gasteiger partial charge on any atom is -0.354 e. The Kier molecular flexibility index (Phi) is 5.91. The lowest BCUT2D eigenvalue weighted by molar-refractivity contribution is -0.141. The topological polar surface area (TPSA) is 66.9 Å². The third-order valence-corrected chi connectivity index (χ3v) is 3.63. The summed E-state index contributed by atoms with van der Waals surface area (Å²) in [6.07, 6.45) is -2.43. The molecular weight excluding hydrogens is 329 g/mol. The molecule has 2 heterocycles. The van der Waals surface area contributed by atoms with Crippen molar-refractivity contribution in [3.63, 3.8) is 0 Å². The minimum absolute atomic E-state index is 0.108. The Morgan fingerprint density at radius 1 is 1.26 bits per heavy atom. The number of hydrogen-bond donors (Lipinski definition) is 2. The van der Waals surface area contributed by atoms with E-state index in [1.165, 1.54) is 0 Å². The SMILES string of the molecule is O=C(CCc1ccsc1)NCCNc1nccc(C(F)(F)F)n1. The number of thiophene rings is 1. The van der Waals surface area contributed by atoms with Crippen LogP contribution in [-0.4, -0.2) is 29.0 Å². The second-order valence-corrected chi connectivity index (χ2v) is 5.45. The molecule has 0 atom stereocenters. The maximum atomic E-state index is 12.5. The molecule has 5 nitrogen and oxygen atoms in total. The molecule has 124 valence electrons. The summed E-state index contributed by atoms with van der Waals surface area (Å²) in [4.78, 5) is 18.7. The molecule has 9 heteroatoms. The highest BCUT2D eigenvalue weighted by Crippen LogP contribution is 2.27. The van der Waals surface area contributed by atoms with E-state index in [1.54, 1.807) is 11.3 Å². The van der Waals surface area contributed by atoms with Gasteiger partial charge in [-0.15, -0.1) is 0 Å². The molecule has 2 aromatic rings. The van der Waals surface area contributed by atoms with E-state index in [4.69, 9.17) is 0 Å². The summed E-state index contributed by atoms with van der Waals surface area (Å²) in [6, 6.07) is 2.77. The van der Waals surface area contributed by atoms with Gasteiger partial charge in [0.2, 0.25) is 11.9 Å². The second kappa shape index (κ2) is 7.91. The molecule has 0 spiro atoms. The predicted octanol–water partition coefficient (Wildman–Crippen LogP) is 2.72. The van der Waals surface area contributed by atoms with Crippen molar-refractivity contribution in [2.24, 2.45) is 0 Å². The molecule has 0 aliphatic heterocycles. The first-order chi connectivity index (χ1) is 10.9.